The fourth-order valence-corrected chi connectivity index (χ4v) is 3.92. The van der Waals surface area contributed by atoms with Crippen molar-refractivity contribution in [3.63, 3.8) is 0 Å². The molecule has 4 rings (SSSR count). The lowest BCUT2D eigenvalue weighted by atomic mass is 10.2. The van der Waals surface area contributed by atoms with Crippen LogP contribution in [0.15, 0.2) is 36.5 Å². The number of anilines is 3. The molecule has 0 radical (unpaired) electrons. The first-order valence-corrected chi connectivity index (χ1v) is 12.5. The summed E-state index contributed by atoms with van der Waals surface area (Å²) in [5.74, 6) is 2.70. The van der Waals surface area contributed by atoms with E-state index in [0.717, 1.165) is 65.6 Å². The molecule has 33 heavy (non-hydrogen) atoms. The van der Waals surface area contributed by atoms with Crippen molar-refractivity contribution in [1.82, 2.24) is 20.3 Å². The van der Waals surface area contributed by atoms with Crippen LogP contribution >= 0.6 is 11.3 Å². The second-order valence-electron chi connectivity index (χ2n) is 6.87. The Bertz CT molecular complexity index is 996. The van der Waals surface area contributed by atoms with Crippen LogP contribution in [-0.2, 0) is 0 Å². The van der Waals surface area contributed by atoms with Crippen LogP contribution in [0.25, 0.3) is 12.2 Å². The summed E-state index contributed by atoms with van der Waals surface area (Å²) in [7, 11) is 0. The summed E-state index contributed by atoms with van der Waals surface area (Å²) < 4.78 is 0. The smallest absolute Gasteiger partial charge is 0.188 e. The lowest BCUT2D eigenvalue weighted by molar-refractivity contribution is 0.475. The molecule has 0 unspecified atom stereocenters. The number of nitrogens with zero attached hydrogens (tertiary/aromatic N) is 4. The average Bonchev–Trinajstić information content (AvgIpc) is 3.10. The Labute approximate surface area is 201 Å². The number of benzene rings is 1. The molecule has 0 saturated carbocycles. The quantitative estimate of drug-likeness (QED) is 0.442. The fourth-order valence-electron chi connectivity index (χ4n) is 3.19. The molecule has 0 aliphatic carbocycles. The first kappa shape index (κ1) is 26.3. The molecule has 2 aromatic heterocycles. The van der Waals surface area contributed by atoms with Crippen molar-refractivity contribution in [1.29, 1.82) is 0 Å². The van der Waals surface area contributed by atoms with E-state index in [0.29, 0.717) is 0 Å². The van der Waals surface area contributed by atoms with Crippen LogP contribution in [0.1, 0.15) is 50.4 Å². The van der Waals surface area contributed by atoms with E-state index >= 15 is 0 Å². The molecule has 8 heteroatoms. The maximum Gasteiger partial charge on any atom is 0.188 e. The highest BCUT2D eigenvalue weighted by Crippen LogP contribution is 2.25. The molecule has 3 aromatic rings. The first-order valence-electron chi connectivity index (χ1n) is 11.7. The highest BCUT2D eigenvalue weighted by atomic mass is 32.1. The molecule has 3 N–H and O–H groups in total. The number of hydrogen-bond donors (Lipinski definition) is 3. The molecule has 0 bridgehead atoms. The third-order valence-corrected chi connectivity index (χ3v) is 5.44. The lowest BCUT2D eigenvalue weighted by Crippen LogP contribution is -2.28. The first-order chi connectivity index (χ1) is 16.2. The molecule has 1 saturated heterocycles. The van der Waals surface area contributed by atoms with Gasteiger partial charge in [-0.05, 0) is 43.7 Å². The number of thiazole rings is 1. The van der Waals surface area contributed by atoms with E-state index < -0.39 is 0 Å². The Balaban J connectivity index is 0.000000914. The van der Waals surface area contributed by atoms with Gasteiger partial charge in [-0.2, -0.15) is 0 Å². The van der Waals surface area contributed by atoms with Crippen molar-refractivity contribution < 1.29 is 5.11 Å². The van der Waals surface area contributed by atoms with Crippen molar-refractivity contribution in [2.75, 3.05) is 36.4 Å². The van der Waals surface area contributed by atoms with Crippen LogP contribution in [0.4, 0.5) is 16.8 Å². The maximum atomic E-state index is 9.56. The maximum absolute atomic E-state index is 9.56. The monoisotopic (exact) mass is 468 g/mol. The Hall–Kier alpha value is -2.97. The third-order valence-electron chi connectivity index (χ3n) is 4.56. The minimum atomic E-state index is 0.258. The number of aromatic hydroxyl groups is 1. The standard InChI is InChI=1S/C21H24N6OS.2C2H6/c1-15-24-19(13-20(25-15)27-10-3-8-22-9-11-27)26-21-23-14-18(29-21)7-6-16-4-2-5-17(28)12-16;2*1-2/h2,4-7,12-14,22,28H,3,8-11H2,1H3,(H,23,24,25,26);2*1-2H3/b7-6+;;. The lowest BCUT2D eigenvalue weighted by Gasteiger charge is -2.21. The largest absolute Gasteiger partial charge is 0.508 e. The van der Waals surface area contributed by atoms with Gasteiger partial charge in [0.05, 0.1) is 0 Å². The molecule has 178 valence electrons. The van der Waals surface area contributed by atoms with Crippen molar-refractivity contribution in [2.45, 2.75) is 41.0 Å². The number of phenolic OH excluding ortho intramolecular Hbond substituents is 1. The van der Waals surface area contributed by atoms with Gasteiger partial charge in [0, 0.05) is 36.8 Å². The Morgan fingerprint density at radius 2 is 1.88 bits per heavy atom. The van der Waals surface area contributed by atoms with E-state index in [1.165, 1.54) is 0 Å². The van der Waals surface area contributed by atoms with Crippen molar-refractivity contribution in [2.24, 2.45) is 0 Å². The molecule has 7 nitrogen and oxygen atoms in total. The van der Waals surface area contributed by atoms with Crippen LogP contribution < -0.4 is 15.5 Å². The fraction of sp³-hybridized carbons (Fsp3) is 0.400. The molecular weight excluding hydrogens is 432 g/mol. The summed E-state index contributed by atoms with van der Waals surface area (Å²) in [4.78, 5) is 16.9. The Kier molecular flexibility index (Phi) is 11.3. The summed E-state index contributed by atoms with van der Waals surface area (Å²) >= 11 is 1.55. The molecule has 0 atom stereocenters. The van der Waals surface area contributed by atoms with E-state index in [2.05, 4.69) is 30.5 Å². The third kappa shape index (κ3) is 8.47. The Morgan fingerprint density at radius 3 is 2.67 bits per heavy atom. The summed E-state index contributed by atoms with van der Waals surface area (Å²) in [6.45, 7) is 13.9. The molecular formula is C25H36N6OS. The SMILES string of the molecule is CC.CC.Cc1nc(Nc2ncc(/C=C/c3cccc(O)c3)s2)cc(N2CCCNCC2)n1. The van der Waals surface area contributed by atoms with Crippen LogP contribution in [0.5, 0.6) is 5.75 Å². The number of aryl methyl sites for hydroxylation is 1. The van der Waals surface area contributed by atoms with E-state index in [9.17, 15) is 5.11 Å². The van der Waals surface area contributed by atoms with Crippen molar-refractivity contribution in [3.8, 4) is 5.75 Å². The summed E-state index contributed by atoms with van der Waals surface area (Å²) in [6.07, 6.45) is 6.87. The van der Waals surface area contributed by atoms with Gasteiger partial charge in [0.25, 0.3) is 0 Å². The minimum absolute atomic E-state index is 0.258. The van der Waals surface area contributed by atoms with Gasteiger partial charge in [-0.25, -0.2) is 15.0 Å². The summed E-state index contributed by atoms with van der Waals surface area (Å²) in [5.41, 5.74) is 0.941. The zero-order valence-corrected chi connectivity index (χ0v) is 21.1. The molecule has 1 fully saturated rings. The van der Waals surface area contributed by atoms with Gasteiger partial charge in [0.2, 0.25) is 0 Å². The van der Waals surface area contributed by atoms with E-state index in [-0.39, 0.29) is 5.75 Å². The molecule has 3 heterocycles. The van der Waals surface area contributed by atoms with E-state index in [4.69, 9.17) is 0 Å². The predicted octanol–water partition coefficient (Wildman–Crippen LogP) is 5.71. The van der Waals surface area contributed by atoms with Gasteiger partial charge in [0.15, 0.2) is 5.13 Å². The minimum Gasteiger partial charge on any atom is -0.508 e. The van der Waals surface area contributed by atoms with Gasteiger partial charge in [0.1, 0.15) is 23.2 Å². The molecule has 1 aliphatic heterocycles. The highest BCUT2D eigenvalue weighted by Gasteiger charge is 2.13. The average molecular weight is 469 g/mol. The zero-order chi connectivity index (χ0) is 24.1. The predicted molar refractivity (Wildman–Crippen MR) is 142 cm³/mol. The van der Waals surface area contributed by atoms with Crippen LogP contribution in [0.3, 0.4) is 0 Å². The molecule has 0 spiro atoms. The second-order valence-corrected chi connectivity index (χ2v) is 7.93. The van der Waals surface area contributed by atoms with Crippen LogP contribution in [0, 0.1) is 6.92 Å². The van der Waals surface area contributed by atoms with Gasteiger partial charge >= 0.3 is 0 Å². The molecule has 1 aromatic carbocycles. The van der Waals surface area contributed by atoms with Crippen molar-refractivity contribution >= 4 is 40.3 Å². The summed E-state index contributed by atoms with van der Waals surface area (Å²) in [6, 6.07) is 9.14. The number of rotatable bonds is 5. The van der Waals surface area contributed by atoms with Crippen LogP contribution in [0.2, 0.25) is 0 Å². The van der Waals surface area contributed by atoms with Crippen molar-refractivity contribution in [3.05, 3.63) is 52.8 Å². The van der Waals surface area contributed by atoms with Gasteiger partial charge in [-0.1, -0.05) is 57.2 Å². The van der Waals surface area contributed by atoms with E-state index in [1.54, 1.807) is 23.5 Å². The van der Waals surface area contributed by atoms with Gasteiger partial charge in [-0.3, -0.25) is 0 Å². The number of aromatic nitrogens is 3. The van der Waals surface area contributed by atoms with Crippen LogP contribution in [-0.4, -0.2) is 46.2 Å². The number of nitrogens with one attached hydrogen (secondary N) is 2. The Morgan fingerprint density at radius 1 is 1.06 bits per heavy atom. The topological polar surface area (TPSA) is 86.2 Å². The summed E-state index contributed by atoms with van der Waals surface area (Å²) in [5, 5.41) is 17.1. The number of hydrogen-bond acceptors (Lipinski definition) is 8. The zero-order valence-electron chi connectivity index (χ0n) is 20.3. The highest BCUT2D eigenvalue weighted by molar-refractivity contribution is 7.16. The van der Waals surface area contributed by atoms with Gasteiger partial charge < -0.3 is 20.6 Å². The van der Waals surface area contributed by atoms with Gasteiger partial charge in [-0.15, -0.1) is 0 Å². The van der Waals surface area contributed by atoms with E-state index in [1.807, 2.05) is 71.2 Å². The normalized spacial score (nSPS) is 13.4. The molecule has 0 amide bonds. The second kappa shape index (κ2) is 14.2. The molecule has 1 aliphatic rings. The number of phenols is 1.